The Labute approximate surface area is 139 Å². The van der Waals surface area contributed by atoms with Crippen molar-refractivity contribution in [2.24, 2.45) is 5.41 Å². The van der Waals surface area contributed by atoms with Gasteiger partial charge in [0.25, 0.3) is 0 Å². The summed E-state index contributed by atoms with van der Waals surface area (Å²) >= 11 is 7.21. The van der Waals surface area contributed by atoms with Gasteiger partial charge in [-0.25, -0.2) is 0 Å². The van der Waals surface area contributed by atoms with Crippen molar-refractivity contribution < 1.29 is 4.74 Å². The molecule has 0 aliphatic rings. The molecule has 0 bridgehead atoms. The molecular formula is C16H25Br2NO. The SMILES string of the molecule is CCCNCc1cc(Br)c(OCCC(C)(C)C)c(Br)c1. The molecule has 2 nitrogen and oxygen atoms in total. The summed E-state index contributed by atoms with van der Waals surface area (Å²) in [6.07, 6.45) is 2.18. The third kappa shape index (κ3) is 6.59. The average Bonchev–Trinajstić information content (AvgIpc) is 2.32. The molecule has 0 unspecified atom stereocenters. The Balaban J connectivity index is 2.64. The maximum absolute atomic E-state index is 5.91. The van der Waals surface area contributed by atoms with Crippen LogP contribution in [0.5, 0.6) is 5.75 Å². The van der Waals surface area contributed by atoms with Gasteiger partial charge < -0.3 is 10.1 Å². The minimum absolute atomic E-state index is 0.295. The van der Waals surface area contributed by atoms with Crippen LogP contribution in [0.3, 0.4) is 0 Å². The molecule has 0 saturated heterocycles. The van der Waals surface area contributed by atoms with E-state index in [1.54, 1.807) is 0 Å². The molecule has 1 aromatic rings. The minimum Gasteiger partial charge on any atom is -0.491 e. The van der Waals surface area contributed by atoms with Gasteiger partial charge in [-0.15, -0.1) is 0 Å². The number of nitrogens with one attached hydrogen (secondary N) is 1. The lowest BCUT2D eigenvalue weighted by atomic mass is 9.93. The smallest absolute Gasteiger partial charge is 0.147 e. The molecule has 0 atom stereocenters. The second-order valence-corrected chi connectivity index (χ2v) is 7.93. The highest BCUT2D eigenvalue weighted by atomic mass is 79.9. The quantitative estimate of drug-likeness (QED) is 0.601. The number of halogens is 2. The molecule has 0 aliphatic heterocycles. The molecule has 0 amide bonds. The molecule has 1 rings (SSSR count). The van der Waals surface area contributed by atoms with Crippen LogP contribution >= 0.6 is 31.9 Å². The largest absolute Gasteiger partial charge is 0.491 e. The standard InChI is InChI=1S/C16H25Br2NO/c1-5-7-19-11-12-9-13(17)15(14(18)10-12)20-8-6-16(2,3)4/h9-10,19H,5-8,11H2,1-4H3. The number of rotatable bonds is 7. The number of benzene rings is 1. The van der Waals surface area contributed by atoms with Crippen molar-refractivity contribution in [3.63, 3.8) is 0 Å². The number of hydrogen-bond donors (Lipinski definition) is 1. The van der Waals surface area contributed by atoms with Crippen LogP contribution < -0.4 is 10.1 Å². The van der Waals surface area contributed by atoms with Gasteiger partial charge in [0.05, 0.1) is 15.6 Å². The van der Waals surface area contributed by atoms with Crippen LogP contribution in [0, 0.1) is 5.41 Å². The van der Waals surface area contributed by atoms with E-state index in [1.807, 2.05) is 0 Å². The van der Waals surface area contributed by atoms with E-state index in [1.165, 1.54) is 5.56 Å². The molecule has 20 heavy (non-hydrogen) atoms. The molecule has 0 spiro atoms. The molecule has 0 aromatic heterocycles. The first kappa shape index (κ1) is 18.0. The van der Waals surface area contributed by atoms with Crippen molar-refractivity contribution >= 4 is 31.9 Å². The molecule has 4 heteroatoms. The molecule has 0 fully saturated rings. The fraction of sp³-hybridized carbons (Fsp3) is 0.625. The van der Waals surface area contributed by atoms with Gasteiger partial charge in [0.2, 0.25) is 0 Å². The fourth-order valence-electron chi connectivity index (χ4n) is 1.72. The Morgan fingerprint density at radius 1 is 1.15 bits per heavy atom. The zero-order valence-corrected chi connectivity index (χ0v) is 16.0. The van der Waals surface area contributed by atoms with Crippen LogP contribution in [0.15, 0.2) is 21.1 Å². The summed E-state index contributed by atoms with van der Waals surface area (Å²) in [6, 6.07) is 4.25. The molecule has 0 radical (unpaired) electrons. The van der Waals surface area contributed by atoms with Crippen molar-refractivity contribution in [3.8, 4) is 5.75 Å². The Bertz CT molecular complexity index is 404. The van der Waals surface area contributed by atoms with E-state index in [2.05, 4.69) is 77.0 Å². The fourth-order valence-corrected chi connectivity index (χ4v) is 3.23. The summed E-state index contributed by atoms with van der Waals surface area (Å²) in [4.78, 5) is 0. The van der Waals surface area contributed by atoms with Crippen LogP contribution in [-0.2, 0) is 6.54 Å². The molecule has 0 heterocycles. The highest BCUT2D eigenvalue weighted by molar-refractivity contribution is 9.11. The van der Waals surface area contributed by atoms with Crippen molar-refractivity contribution in [2.45, 2.75) is 47.1 Å². The molecule has 114 valence electrons. The maximum Gasteiger partial charge on any atom is 0.147 e. The van der Waals surface area contributed by atoms with E-state index in [0.717, 1.165) is 47.2 Å². The van der Waals surface area contributed by atoms with Gasteiger partial charge in [0, 0.05) is 6.54 Å². The van der Waals surface area contributed by atoms with E-state index in [0.29, 0.717) is 5.41 Å². The van der Waals surface area contributed by atoms with Crippen molar-refractivity contribution in [3.05, 3.63) is 26.6 Å². The van der Waals surface area contributed by atoms with Gasteiger partial charge in [0.15, 0.2) is 0 Å². The Kier molecular flexibility index (Phi) is 7.56. The van der Waals surface area contributed by atoms with Crippen LogP contribution in [-0.4, -0.2) is 13.2 Å². The second-order valence-electron chi connectivity index (χ2n) is 6.22. The third-order valence-electron chi connectivity index (χ3n) is 2.91. The summed E-state index contributed by atoms with van der Waals surface area (Å²) < 4.78 is 7.93. The molecule has 0 saturated carbocycles. The van der Waals surface area contributed by atoms with Crippen LogP contribution in [0.2, 0.25) is 0 Å². The van der Waals surface area contributed by atoms with E-state index < -0.39 is 0 Å². The molecule has 0 aliphatic carbocycles. The van der Waals surface area contributed by atoms with Gasteiger partial charge in [-0.1, -0.05) is 27.7 Å². The second kappa shape index (κ2) is 8.40. The zero-order valence-electron chi connectivity index (χ0n) is 12.9. The lowest BCUT2D eigenvalue weighted by molar-refractivity contribution is 0.241. The predicted octanol–water partition coefficient (Wildman–Crippen LogP) is 5.53. The van der Waals surface area contributed by atoms with Crippen molar-refractivity contribution in [1.82, 2.24) is 5.32 Å². The van der Waals surface area contributed by atoms with Crippen LogP contribution in [0.1, 0.15) is 46.1 Å². The summed E-state index contributed by atoms with van der Waals surface area (Å²) in [5.74, 6) is 0.897. The van der Waals surface area contributed by atoms with Gasteiger partial charge in [-0.2, -0.15) is 0 Å². The third-order valence-corrected chi connectivity index (χ3v) is 4.09. The van der Waals surface area contributed by atoms with E-state index in [4.69, 9.17) is 4.74 Å². The maximum atomic E-state index is 5.91. The number of hydrogen-bond acceptors (Lipinski definition) is 2. The lowest BCUT2D eigenvalue weighted by Crippen LogP contribution is -2.14. The Morgan fingerprint density at radius 2 is 1.75 bits per heavy atom. The van der Waals surface area contributed by atoms with Gasteiger partial charge in [-0.3, -0.25) is 0 Å². The topological polar surface area (TPSA) is 21.3 Å². The molecule has 1 N–H and O–H groups in total. The van der Waals surface area contributed by atoms with Gasteiger partial charge in [-0.05, 0) is 74.4 Å². The average molecular weight is 407 g/mol. The predicted molar refractivity (Wildman–Crippen MR) is 93.4 cm³/mol. The monoisotopic (exact) mass is 405 g/mol. The van der Waals surface area contributed by atoms with E-state index in [-0.39, 0.29) is 0 Å². The van der Waals surface area contributed by atoms with Crippen LogP contribution in [0.4, 0.5) is 0 Å². The highest BCUT2D eigenvalue weighted by Crippen LogP contribution is 2.35. The summed E-state index contributed by atoms with van der Waals surface area (Å²) in [5.41, 5.74) is 1.54. The zero-order chi connectivity index (χ0) is 15.2. The van der Waals surface area contributed by atoms with Gasteiger partial charge >= 0.3 is 0 Å². The normalized spacial score (nSPS) is 11.7. The van der Waals surface area contributed by atoms with E-state index >= 15 is 0 Å². The summed E-state index contributed by atoms with van der Waals surface area (Å²) in [6.45, 7) is 11.5. The highest BCUT2D eigenvalue weighted by Gasteiger charge is 2.13. The Hall–Kier alpha value is -0.0600. The Morgan fingerprint density at radius 3 is 2.25 bits per heavy atom. The minimum atomic E-state index is 0.295. The summed E-state index contributed by atoms with van der Waals surface area (Å²) in [5, 5.41) is 3.41. The van der Waals surface area contributed by atoms with E-state index in [9.17, 15) is 0 Å². The van der Waals surface area contributed by atoms with Crippen molar-refractivity contribution in [2.75, 3.05) is 13.2 Å². The number of ether oxygens (including phenoxy) is 1. The first-order chi connectivity index (χ1) is 9.33. The lowest BCUT2D eigenvalue weighted by Gasteiger charge is -2.19. The van der Waals surface area contributed by atoms with Crippen LogP contribution in [0.25, 0.3) is 0 Å². The van der Waals surface area contributed by atoms with Crippen molar-refractivity contribution in [1.29, 1.82) is 0 Å². The first-order valence-electron chi connectivity index (χ1n) is 7.15. The van der Waals surface area contributed by atoms with Gasteiger partial charge in [0.1, 0.15) is 5.75 Å². The molecular weight excluding hydrogens is 382 g/mol. The molecule has 1 aromatic carbocycles. The summed E-state index contributed by atoms with van der Waals surface area (Å²) in [7, 11) is 0. The first-order valence-corrected chi connectivity index (χ1v) is 8.73.